The molecule has 0 saturated heterocycles. The van der Waals surface area contributed by atoms with Crippen LogP contribution in [0.2, 0.25) is 0 Å². The number of rotatable bonds is 5. The maximum Gasteiger partial charge on any atom is 0.175 e. The van der Waals surface area contributed by atoms with Gasteiger partial charge < -0.3 is 5.32 Å². The zero-order valence-electron chi connectivity index (χ0n) is 17.1. The zero-order chi connectivity index (χ0) is 20.4. The Bertz CT molecular complexity index is 1080. The van der Waals surface area contributed by atoms with Crippen LogP contribution in [0.25, 0.3) is 10.8 Å². The summed E-state index contributed by atoms with van der Waals surface area (Å²) in [7, 11) is -3.14. The molecule has 3 atom stereocenters. The van der Waals surface area contributed by atoms with E-state index < -0.39 is 9.84 Å². The van der Waals surface area contributed by atoms with Crippen LogP contribution in [-0.2, 0) is 9.84 Å². The highest BCUT2D eigenvalue weighted by atomic mass is 32.2. The molecule has 3 nitrogen and oxygen atoms in total. The highest BCUT2D eigenvalue weighted by Crippen LogP contribution is 2.35. The predicted molar refractivity (Wildman–Crippen MR) is 120 cm³/mol. The van der Waals surface area contributed by atoms with Gasteiger partial charge in [-0.2, -0.15) is 0 Å². The van der Waals surface area contributed by atoms with Crippen LogP contribution in [0.15, 0.2) is 71.6 Å². The largest absolute Gasteiger partial charge is 0.307 e. The van der Waals surface area contributed by atoms with Crippen molar-refractivity contribution in [1.82, 2.24) is 5.32 Å². The first-order chi connectivity index (χ1) is 13.9. The first-order valence-corrected chi connectivity index (χ1v) is 12.3. The van der Waals surface area contributed by atoms with Crippen LogP contribution >= 0.6 is 0 Å². The highest BCUT2D eigenvalue weighted by molar-refractivity contribution is 7.90. The quantitative estimate of drug-likeness (QED) is 0.597. The molecule has 1 aliphatic rings. The molecule has 0 amide bonds. The fourth-order valence-corrected chi connectivity index (χ4v) is 5.33. The Labute approximate surface area is 174 Å². The summed E-state index contributed by atoms with van der Waals surface area (Å²) >= 11 is 0. The molecule has 152 valence electrons. The summed E-state index contributed by atoms with van der Waals surface area (Å²) < 4.78 is 23.4. The molecule has 4 heteroatoms. The van der Waals surface area contributed by atoms with Crippen molar-refractivity contribution in [3.05, 3.63) is 77.9 Å². The van der Waals surface area contributed by atoms with Crippen LogP contribution in [0.1, 0.15) is 55.7 Å². The van der Waals surface area contributed by atoms with Crippen molar-refractivity contribution in [3.63, 3.8) is 0 Å². The fourth-order valence-electron chi connectivity index (χ4n) is 4.70. The number of hydrogen-bond donors (Lipinski definition) is 1. The number of nitrogens with one attached hydrogen (secondary N) is 1. The van der Waals surface area contributed by atoms with Gasteiger partial charge in [0.15, 0.2) is 9.84 Å². The Morgan fingerprint density at radius 1 is 0.931 bits per heavy atom. The van der Waals surface area contributed by atoms with Gasteiger partial charge in [0, 0.05) is 18.3 Å². The fraction of sp³-hybridized carbons (Fsp3) is 0.360. The lowest BCUT2D eigenvalue weighted by atomic mass is 9.81. The van der Waals surface area contributed by atoms with Crippen LogP contribution in [0.4, 0.5) is 0 Å². The van der Waals surface area contributed by atoms with E-state index in [1.165, 1.54) is 47.4 Å². The van der Waals surface area contributed by atoms with E-state index in [4.69, 9.17) is 0 Å². The molecule has 0 spiro atoms. The van der Waals surface area contributed by atoms with Crippen molar-refractivity contribution in [3.8, 4) is 0 Å². The molecule has 3 aromatic rings. The summed E-state index contributed by atoms with van der Waals surface area (Å²) in [5.41, 5.74) is 2.60. The molecular weight excluding hydrogens is 378 g/mol. The van der Waals surface area contributed by atoms with E-state index in [2.05, 4.69) is 54.7 Å². The van der Waals surface area contributed by atoms with Crippen molar-refractivity contribution in [1.29, 1.82) is 0 Å². The summed E-state index contributed by atoms with van der Waals surface area (Å²) in [4.78, 5) is 0.399. The molecule has 1 saturated carbocycles. The summed E-state index contributed by atoms with van der Waals surface area (Å²) in [5.74, 6) is 0.481. The average molecular weight is 408 g/mol. The van der Waals surface area contributed by atoms with E-state index in [0.29, 0.717) is 16.9 Å². The van der Waals surface area contributed by atoms with Crippen molar-refractivity contribution in [2.24, 2.45) is 0 Å². The lowest BCUT2D eigenvalue weighted by Crippen LogP contribution is -2.35. The maximum atomic E-state index is 11.7. The van der Waals surface area contributed by atoms with Crippen LogP contribution in [0, 0.1) is 0 Å². The molecule has 1 unspecified atom stereocenters. The standard InChI is InChI=1S/C25H29NO2S/c1-18(24-12-6-8-20-7-3-4-11-25(20)24)26-22-10-5-9-21(17-22)19-13-15-23(16-14-19)29(2,27)28/h3-4,6-8,11-16,18,21-22,26H,5,9-10,17H2,1-2H3/t18-,21+,22?/m1/s1. The lowest BCUT2D eigenvalue weighted by molar-refractivity contribution is 0.319. The van der Waals surface area contributed by atoms with E-state index in [9.17, 15) is 8.42 Å². The Morgan fingerprint density at radius 3 is 2.41 bits per heavy atom. The molecule has 29 heavy (non-hydrogen) atoms. The van der Waals surface area contributed by atoms with Gasteiger partial charge in [-0.1, -0.05) is 61.0 Å². The van der Waals surface area contributed by atoms with E-state index in [0.717, 1.165) is 6.42 Å². The SMILES string of the molecule is C[C@@H](NC1CCC[C@H](c2ccc(S(C)(=O)=O)cc2)C1)c1cccc2ccccc12. The third-order valence-corrected chi connectivity index (χ3v) is 7.36. The van der Waals surface area contributed by atoms with E-state index in [1.807, 2.05) is 12.1 Å². The summed E-state index contributed by atoms with van der Waals surface area (Å²) in [6.45, 7) is 2.26. The average Bonchev–Trinajstić information content (AvgIpc) is 2.73. The molecular formula is C25H29NO2S. The molecule has 1 fully saturated rings. The molecule has 1 aliphatic carbocycles. The number of fused-ring (bicyclic) bond motifs is 1. The first kappa shape index (κ1) is 20.1. The molecule has 3 aromatic carbocycles. The third kappa shape index (κ3) is 4.54. The van der Waals surface area contributed by atoms with Crippen molar-refractivity contribution < 1.29 is 8.42 Å². The van der Waals surface area contributed by atoms with Gasteiger partial charge in [0.25, 0.3) is 0 Å². The minimum absolute atomic E-state index is 0.289. The molecule has 1 N–H and O–H groups in total. The summed E-state index contributed by atoms with van der Waals surface area (Å²) in [5, 5.41) is 6.47. The predicted octanol–water partition coefficient (Wildman–Crippen LogP) is 5.62. The lowest BCUT2D eigenvalue weighted by Gasteiger charge is -2.32. The second-order valence-electron chi connectivity index (χ2n) is 8.36. The molecule has 0 heterocycles. The van der Waals surface area contributed by atoms with E-state index in [1.54, 1.807) is 12.1 Å². The van der Waals surface area contributed by atoms with Gasteiger partial charge in [-0.25, -0.2) is 8.42 Å². The molecule has 4 rings (SSSR count). The smallest absolute Gasteiger partial charge is 0.175 e. The molecule has 0 radical (unpaired) electrons. The Kier molecular flexibility index (Phi) is 5.75. The highest BCUT2D eigenvalue weighted by Gasteiger charge is 2.25. The minimum atomic E-state index is -3.14. The van der Waals surface area contributed by atoms with Gasteiger partial charge in [0.2, 0.25) is 0 Å². The van der Waals surface area contributed by atoms with Crippen molar-refractivity contribution in [2.45, 2.75) is 55.5 Å². The van der Waals surface area contributed by atoms with Crippen molar-refractivity contribution in [2.75, 3.05) is 6.26 Å². The van der Waals surface area contributed by atoms with E-state index >= 15 is 0 Å². The molecule has 0 aromatic heterocycles. The van der Waals surface area contributed by atoms with Gasteiger partial charge >= 0.3 is 0 Å². The van der Waals surface area contributed by atoms with Gasteiger partial charge in [0.05, 0.1) is 4.90 Å². The van der Waals surface area contributed by atoms with Crippen LogP contribution in [0.3, 0.4) is 0 Å². The van der Waals surface area contributed by atoms with Gasteiger partial charge in [0.1, 0.15) is 0 Å². The Balaban J connectivity index is 1.47. The Hall–Kier alpha value is -2.17. The van der Waals surface area contributed by atoms with Crippen LogP contribution in [0.5, 0.6) is 0 Å². The third-order valence-electron chi connectivity index (χ3n) is 6.23. The maximum absolute atomic E-state index is 11.7. The number of hydrogen-bond acceptors (Lipinski definition) is 3. The normalized spacial score (nSPS) is 21.2. The second-order valence-corrected chi connectivity index (χ2v) is 10.4. The van der Waals surface area contributed by atoms with E-state index in [-0.39, 0.29) is 6.04 Å². The summed E-state index contributed by atoms with van der Waals surface area (Å²) in [6.07, 6.45) is 5.90. The Morgan fingerprint density at radius 2 is 1.66 bits per heavy atom. The summed E-state index contributed by atoms with van der Waals surface area (Å²) in [6, 6.07) is 23.4. The first-order valence-electron chi connectivity index (χ1n) is 10.5. The van der Waals surface area contributed by atoms with Gasteiger partial charge in [-0.05, 0) is 66.1 Å². The second kappa shape index (κ2) is 8.29. The zero-order valence-corrected chi connectivity index (χ0v) is 18.0. The van der Waals surface area contributed by atoms with Gasteiger partial charge in [-0.15, -0.1) is 0 Å². The monoisotopic (exact) mass is 407 g/mol. The van der Waals surface area contributed by atoms with Crippen LogP contribution in [-0.4, -0.2) is 20.7 Å². The number of sulfone groups is 1. The molecule has 0 bridgehead atoms. The topological polar surface area (TPSA) is 46.2 Å². The number of benzene rings is 3. The molecule has 0 aliphatic heterocycles. The van der Waals surface area contributed by atoms with Gasteiger partial charge in [-0.3, -0.25) is 0 Å². The minimum Gasteiger partial charge on any atom is -0.307 e. The van der Waals surface area contributed by atoms with Crippen molar-refractivity contribution >= 4 is 20.6 Å². The van der Waals surface area contributed by atoms with Crippen LogP contribution < -0.4 is 5.32 Å².